The molecule has 1 N–H and O–H groups in total. The van der Waals surface area contributed by atoms with E-state index in [0.717, 1.165) is 19.5 Å². The molecule has 0 rings (SSSR count). The summed E-state index contributed by atoms with van der Waals surface area (Å²) in [4.78, 5) is 6.95. The molecule has 0 spiro atoms. The Labute approximate surface area is 120 Å². The molecule has 0 heterocycles. The summed E-state index contributed by atoms with van der Waals surface area (Å²) in [5.41, 5.74) is 1.32. The Balaban J connectivity index is 3.81. The van der Waals surface area contributed by atoms with Crippen molar-refractivity contribution in [1.82, 2.24) is 10.2 Å². The molecule has 114 valence electrons. The summed E-state index contributed by atoms with van der Waals surface area (Å²) < 4.78 is 0. The van der Waals surface area contributed by atoms with E-state index in [1.54, 1.807) is 0 Å². The van der Waals surface area contributed by atoms with Crippen LogP contribution in [0.25, 0.3) is 0 Å². The summed E-state index contributed by atoms with van der Waals surface area (Å²) in [6.07, 6.45) is 9.23. The average molecular weight is 269 g/mol. The van der Waals surface area contributed by atoms with E-state index in [2.05, 4.69) is 45.1 Å². The first-order chi connectivity index (χ1) is 9.11. The van der Waals surface area contributed by atoms with Crippen LogP contribution in [0.15, 0.2) is 4.99 Å². The molecular weight excluding hydrogens is 234 g/mol. The smallest absolute Gasteiger partial charge is 0.0609 e. The van der Waals surface area contributed by atoms with Crippen molar-refractivity contribution in [3.8, 4) is 0 Å². The first kappa shape index (κ1) is 18.6. The number of unbranched alkanes of at least 4 members (excludes halogenated alkanes) is 3. The molecule has 0 aromatic rings. The molecule has 0 aromatic carbocycles. The van der Waals surface area contributed by atoms with Crippen molar-refractivity contribution in [2.75, 3.05) is 27.2 Å². The van der Waals surface area contributed by atoms with Crippen molar-refractivity contribution in [1.29, 1.82) is 0 Å². The zero-order valence-electron chi connectivity index (χ0n) is 13.8. The maximum Gasteiger partial charge on any atom is 0.0609 e. The Bertz CT molecular complexity index is 224. The van der Waals surface area contributed by atoms with Gasteiger partial charge in [0.15, 0.2) is 0 Å². The number of rotatable bonds is 12. The second-order valence-electron chi connectivity index (χ2n) is 5.65. The van der Waals surface area contributed by atoms with E-state index < -0.39 is 0 Å². The number of nitrogens with zero attached hydrogens (tertiary/aromatic N) is 2. The Morgan fingerprint density at radius 3 is 2.42 bits per heavy atom. The van der Waals surface area contributed by atoms with Crippen LogP contribution in [0, 0.1) is 0 Å². The third kappa shape index (κ3) is 11.1. The summed E-state index contributed by atoms with van der Waals surface area (Å²) in [7, 11) is 4.27. The largest absolute Gasteiger partial charge is 0.302 e. The molecule has 0 saturated carbocycles. The number of nitrogens with one attached hydrogen (secondary N) is 1. The predicted molar refractivity (Wildman–Crippen MR) is 87.1 cm³/mol. The predicted octanol–water partition coefficient (Wildman–Crippen LogP) is 3.70. The zero-order chi connectivity index (χ0) is 14.5. The van der Waals surface area contributed by atoms with Gasteiger partial charge in [0, 0.05) is 12.3 Å². The number of hydrogen-bond acceptors (Lipinski definition) is 3. The maximum atomic E-state index is 4.70. The van der Waals surface area contributed by atoms with E-state index >= 15 is 0 Å². The van der Waals surface area contributed by atoms with Gasteiger partial charge in [0.2, 0.25) is 0 Å². The SMILES string of the molecule is CCCCCCC(C)=NCCC(NCCC)N(C)C. The van der Waals surface area contributed by atoms with Crippen LogP contribution in [0.2, 0.25) is 0 Å². The second-order valence-corrected chi connectivity index (χ2v) is 5.65. The highest BCUT2D eigenvalue weighted by molar-refractivity contribution is 5.81. The third-order valence-electron chi connectivity index (χ3n) is 3.43. The van der Waals surface area contributed by atoms with Crippen LogP contribution >= 0.6 is 0 Å². The van der Waals surface area contributed by atoms with Gasteiger partial charge in [0.1, 0.15) is 0 Å². The molecular formula is C16H35N3. The summed E-state index contributed by atoms with van der Waals surface area (Å²) in [6.45, 7) is 8.67. The Hall–Kier alpha value is -0.410. The highest BCUT2D eigenvalue weighted by atomic mass is 15.2. The van der Waals surface area contributed by atoms with Gasteiger partial charge in [-0.3, -0.25) is 9.89 Å². The minimum absolute atomic E-state index is 0.455. The Morgan fingerprint density at radius 2 is 1.84 bits per heavy atom. The average Bonchev–Trinajstić information content (AvgIpc) is 2.38. The van der Waals surface area contributed by atoms with Crippen LogP contribution in [0.4, 0.5) is 0 Å². The monoisotopic (exact) mass is 269 g/mol. The van der Waals surface area contributed by atoms with E-state index in [-0.39, 0.29) is 0 Å². The van der Waals surface area contributed by atoms with Crippen LogP contribution in [0.3, 0.4) is 0 Å². The minimum Gasteiger partial charge on any atom is -0.302 e. The van der Waals surface area contributed by atoms with Gasteiger partial charge in [-0.25, -0.2) is 0 Å². The van der Waals surface area contributed by atoms with Crippen LogP contribution in [0.1, 0.15) is 65.7 Å². The van der Waals surface area contributed by atoms with Crippen LogP contribution in [0.5, 0.6) is 0 Å². The molecule has 0 radical (unpaired) electrons. The first-order valence-electron chi connectivity index (χ1n) is 8.01. The van der Waals surface area contributed by atoms with Crippen LogP contribution in [-0.4, -0.2) is 44.0 Å². The van der Waals surface area contributed by atoms with Crippen molar-refractivity contribution in [3.05, 3.63) is 0 Å². The van der Waals surface area contributed by atoms with Gasteiger partial charge in [0.05, 0.1) is 6.17 Å². The molecule has 1 unspecified atom stereocenters. The lowest BCUT2D eigenvalue weighted by molar-refractivity contribution is 0.236. The zero-order valence-corrected chi connectivity index (χ0v) is 13.8. The first-order valence-corrected chi connectivity index (χ1v) is 8.01. The molecule has 0 aliphatic heterocycles. The molecule has 3 nitrogen and oxygen atoms in total. The van der Waals surface area contributed by atoms with Gasteiger partial charge in [0.25, 0.3) is 0 Å². The molecule has 3 heteroatoms. The summed E-state index contributed by atoms with van der Waals surface area (Å²) in [5.74, 6) is 0. The molecule has 0 aliphatic carbocycles. The molecule has 1 atom stereocenters. The molecule has 0 amide bonds. The van der Waals surface area contributed by atoms with E-state index in [0.29, 0.717) is 6.17 Å². The van der Waals surface area contributed by atoms with Crippen molar-refractivity contribution < 1.29 is 0 Å². The van der Waals surface area contributed by atoms with Gasteiger partial charge in [-0.1, -0.05) is 33.1 Å². The summed E-state index contributed by atoms with van der Waals surface area (Å²) in [5, 5.41) is 3.56. The van der Waals surface area contributed by atoms with E-state index in [9.17, 15) is 0 Å². The highest BCUT2D eigenvalue weighted by Crippen LogP contribution is 2.04. The van der Waals surface area contributed by atoms with Gasteiger partial charge in [-0.15, -0.1) is 0 Å². The lowest BCUT2D eigenvalue weighted by Crippen LogP contribution is -2.42. The van der Waals surface area contributed by atoms with Gasteiger partial charge in [-0.2, -0.15) is 0 Å². The van der Waals surface area contributed by atoms with Crippen molar-refractivity contribution in [2.45, 2.75) is 71.9 Å². The Morgan fingerprint density at radius 1 is 1.11 bits per heavy atom. The normalized spacial score (nSPS) is 14.1. The lowest BCUT2D eigenvalue weighted by atomic mass is 10.1. The number of hydrogen-bond donors (Lipinski definition) is 1. The molecule has 0 saturated heterocycles. The van der Waals surface area contributed by atoms with E-state index in [1.165, 1.54) is 44.2 Å². The molecule has 0 aromatic heterocycles. The quantitative estimate of drug-likeness (QED) is 0.332. The fourth-order valence-corrected chi connectivity index (χ4v) is 2.12. The standard InChI is InChI=1S/C16H35N3/c1-6-8-9-10-11-15(3)17-14-12-16(19(4)5)18-13-7-2/h16,18H,6-14H2,1-5H3. The maximum absolute atomic E-state index is 4.70. The van der Waals surface area contributed by atoms with E-state index in [4.69, 9.17) is 4.99 Å². The lowest BCUT2D eigenvalue weighted by Gasteiger charge is -2.24. The number of aliphatic imine (C=N–C) groups is 1. The van der Waals surface area contributed by atoms with Crippen LogP contribution < -0.4 is 5.32 Å². The molecule has 19 heavy (non-hydrogen) atoms. The Kier molecular flexibility index (Phi) is 12.3. The molecule has 0 fully saturated rings. The topological polar surface area (TPSA) is 27.6 Å². The van der Waals surface area contributed by atoms with E-state index in [1.807, 2.05) is 0 Å². The van der Waals surface area contributed by atoms with Gasteiger partial charge >= 0.3 is 0 Å². The highest BCUT2D eigenvalue weighted by Gasteiger charge is 2.08. The molecule has 0 aliphatic rings. The fourth-order valence-electron chi connectivity index (χ4n) is 2.12. The second kappa shape index (κ2) is 12.6. The van der Waals surface area contributed by atoms with Crippen molar-refractivity contribution >= 4 is 5.71 Å². The van der Waals surface area contributed by atoms with Crippen molar-refractivity contribution in [3.63, 3.8) is 0 Å². The van der Waals surface area contributed by atoms with Crippen molar-refractivity contribution in [2.24, 2.45) is 4.99 Å². The van der Waals surface area contributed by atoms with Gasteiger partial charge in [-0.05, 0) is 53.2 Å². The molecule has 0 bridgehead atoms. The minimum atomic E-state index is 0.455. The summed E-state index contributed by atoms with van der Waals surface area (Å²) >= 11 is 0. The van der Waals surface area contributed by atoms with Crippen LogP contribution in [-0.2, 0) is 0 Å². The summed E-state index contributed by atoms with van der Waals surface area (Å²) in [6, 6.07) is 0. The van der Waals surface area contributed by atoms with Gasteiger partial charge < -0.3 is 5.32 Å². The fraction of sp³-hybridized carbons (Fsp3) is 0.938. The third-order valence-corrected chi connectivity index (χ3v) is 3.43.